The van der Waals surface area contributed by atoms with Gasteiger partial charge in [0.1, 0.15) is 47.8 Å². The molecule has 14 nitrogen and oxygen atoms in total. The molecule has 1 fully saturated rings. The van der Waals surface area contributed by atoms with Crippen LogP contribution < -0.4 is 36.0 Å². The molecule has 392 valence electrons. The van der Waals surface area contributed by atoms with Crippen LogP contribution in [0.1, 0.15) is 106 Å². The molecule has 9 aromatic rings. The standard InChI is InChI=1S/C23H24BN4O.C21H30BN3O.C16H18BN4O/c1-15-11-12-19-20-13-16(2)28(24(4)22(20)29-23(19)25-15)21-14-27(17(3)26(21)5)18-9-7-6-8-10-18;1-13-9-10-16-17-11-14(2)25(22(8)18(17)26-19(16)23-13)24-15(3)20(4,5)12-21(24,6)7;1-11-6-7-13-14-10-12(2)21(20-9-5-8-19(20)4)17(3)15(14)22-16(13)18-11/h6-14H,1-5H3;9-11,15H,12H2,1-8H3;5-10H,1-4H3/q+1;;+1/i3D3;;. The Morgan fingerprint density at radius 3 is 1.57 bits per heavy atom. The number of fused-ring (bicyclic) bond motifs is 9. The van der Waals surface area contributed by atoms with Crippen LogP contribution in [0.2, 0.25) is 20.5 Å². The Kier molecular flexibility index (Phi) is 11.8. The summed E-state index contributed by atoms with van der Waals surface area (Å²) in [6, 6.07) is 24.4. The summed E-state index contributed by atoms with van der Waals surface area (Å²) in [7, 11) is 3.83. The Labute approximate surface area is 458 Å². The third-order valence-electron chi connectivity index (χ3n) is 16.4. The van der Waals surface area contributed by atoms with Crippen molar-refractivity contribution in [3.63, 3.8) is 0 Å². The maximum absolute atomic E-state index is 8.17. The minimum atomic E-state index is -2.29. The zero-order valence-electron chi connectivity index (χ0n) is 50.6. The number of furan rings is 3. The Morgan fingerprint density at radius 2 is 1.10 bits per heavy atom. The lowest BCUT2D eigenvalue weighted by atomic mass is 9.57. The third-order valence-corrected chi connectivity index (χ3v) is 16.4. The molecule has 1 atom stereocenters. The fraction of sp³-hybridized carbons (Fsp3) is 0.350. The summed E-state index contributed by atoms with van der Waals surface area (Å²) in [6.45, 7) is 28.5. The maximum atomic E-state index is 8.17. The van der Waals surface area contributed by atoms with E-state index in [1.54, 1.807) is 16.2 Å². The van der Waals surface area contributed by atoms with Gasteiger partial charge in [0.25, 0.3) is 0 Å². The van der Waals surface area contributed by atoms with Crippen molar-refractivity contribution in [3.05, 3.63) is 148 Å². The molecule has 77 heavy (non-hydrogen) atoms. The van der Waals surface area contributed by atoms with Gasteiger partial charge in [-0.25, -0.2) is 34.0 Å². The van der Waals surface area contributed by atoms with Crippen molar-refractivity contribution in [1.29, 1.82) is 0 Å². The zero-order valence-corrected chi connectivity index (χ0v) is 47.6. The number of benzene rings is 1. The van der Waals surface area contributed by atoms with Gasteiger partial charge in [0.15, 0.2) is 0 Å². The highest BCUT2D eigenvalue weighted by atomic mass is 16.4. The molecule has 13 rings (SSSR count). The lowest BCUT2D eigenvalue weighted by Gasteiger charge is -2.48. The average molecular weight is 1030 g/mol. The second-order valence-electron chi connectivity index (χ2n) is 23.0. The van der Waals surface area contributed by atoms with Crippen LogP contribution in [0.3, 0.4) is 0 Å². The van der Waals surface area contributed by atoms with E-state index in [1.165, 1.54) is 23.4 Å². The van der Waals surface area contributed by atoms with Gasteiger partial charge in [-0.1, -0.05) is 43.7 Å². The van der Waals surface area contributed by atoms with E-state index in [2.05, 4.69) is 145 Å². The van der Waals surface area contributed by atoms with Gasteiger partial charge >= 0.3 is 20.5 Å². The number of anilines is 1. The van der Waals surface area contributed by atoms with Crippen LogP contribution in [-0.2, 0) is 14.1 Å². The number of para-hydroxylation sites is 1. The molecule has 0 radical (unpaired) electrons. The van der Waals surface area contributed by atoms with Crippen LogP contribution in [-0.4, -0.2) is 66.4 Å². The number of pyridine rings is 3. The zero-order chi connectivity index (χ0) is 57.2. The fourth-order valence-corrected chi connectivity index (χ4v) is 12.7. The molecule has 0 aliphatic carbocycles. The van der Waals surface area contributed by atoms with E-state index in [4.69, 9.17) is 17.4 Å². The molecule has 1 aromatic carbocycles. The van der Waals surface area contributed by atoms with Crippen molar-refractivity contribution in [2.75, 3.05) is 9.73 Å². The maximum Gasteiger partial charge on any atom is 0.469 e. The highest BCUT2D eigenvalue weighted by Gasteiger charge is 2.53. The smallest absolute Gasteiger partial charge is 0.450 e. The molecule has 1 unspecified atom stereocenters. The van der Waals surface area contributed by atoms with Crippen molar-refractivity contribution >= 4 is 94.9 Å². The van der Waals surface area contributed by atoms with Gasteiger partial charge in [-0.05, 0) is 155 Å². The van der Waals surface area contributed by atoms with Crippen LogP contribution in [0.4, 0.5) is 5.82 Å². The Bertz CT molecular complexity index is 4000. The molecule has 1 saturated heterocycles. The van der Waals surface area contributed by atoms with E-state index in [1.807, 2.05) is 113 Å². The van der Waals surface area contributed by atoms with Crippen LogP contribution in [0, 0.1) is 33.0 Å². The summed E-state index contributed by atoms with van der Waals surface area (Å²) >= 11 is 0. The number of imidazole rings is 1. The van der Waals surface area contributed by atoms with Gasteiger partial charge in [0.2, 0.25) is 28.8 Å². The van der Waals surface area contributed by atoms with E-state index in [0.717, 1.165) is 90.0 Å². The first-order chi connectivity index (χ1) is 37.7. The monoisotopic (exact) mass is 1030 g/mol. The van der Waals surface area contributed by atoms with Crippen LogP contribution in [0.15, 0.2) is 122 Å². The predicted molar refractivity (Wildman–Crippen MR) is 315 cm³/mol. The third kappa shape index (κ3) is 8.61. The summed E-state index contributed by atoms with van der Waals surface area (Å²) < 4.78 is 48.6. The number of allylic oxidation sites excluding steroid dienone is 3. The number of aromatic nitrogens is 7. The van der Waals surface area contributed by atoms with E-state index >= 15 is 0 Å². The van der Waals surface area contributed by atoms with Gasteiger partial charge in [-0.3, -0.25) is 0 Å². The molecule has 8 aromatic heterocycles. The van der Waals surface area contributed by atoms with E-state index in [-0.39, 0.29) is 37.3 Å². The second-order valence-corrected chi connectivity index (χ2v) is 23.0. The van der Waals surface area contributed by atoms with Crippen molar-refractivity contribution in [1.82, 2.24) is 34.2 Å². The molecule has 17 heteroatoms. The minimum Gasteiger partial charge on any atom is -0.450 e. The number of hydrogen-bond acceptors (Lipinski definition) is 10. The Morgan fingerprint density at radius 1 is 0.623 bits per heavy atom. The quantitative estimate of drug-likeness (QED) is 0.125. The fourth-order valence-electron chi connectivity index (χ4n) is 12.7. The van der Waals surface area contributed by atoms with Crippen LogP contribution in [0.5, 0.6) is 0 Å². The number of rotatable bonds is 4. The predicted octanol–water partition coefficient (Wildman–Crippen LogP) is 9.83. The molecule has 0 saturated carbocycles. The topological polar surface area (TPSA) is 109 Å². The average Bonchev–Trinajstić information content (AvgIpc) is 4.43. The molecule has 4 aliphatic rings. The Hall–Kier alpha value is -7.52. The molecule has 0 N–H and O–H groups in total. The number of hydrazine groups is 1. The van der Waals surface area contributed by atoms with Crippen LogP contribution >= 0.6 is 0 Å². The summed E-state index contributed by atoms with van der Waals surface area (Å²) in [5.41, 5.74) is 15.8. The van der Waals surface area contributed by atoms with Gasteiger partial charge in [-0.2, -0.15) is 4.68 Å². The van der Waals surface area contributed by atoms with Crippen molar-refractivity contribution < 1.29 is 26.6 Å². The van der Waals surface area contributed by atoms with Gasteiger partial charge in [0, 0.05) is 84.2 Å². The largest absolute Gasteiger partial charge is 0.469 e. The minimum absolute atomic E-state index is 0.102. The first kappa shape index (κ1) is 47.9. The van der Waals surface area contributed by atoms with Crippen molar-refractivity contribution in [2.45, 2.75) is 121 Å². The van der Waals surface area contributed by atoms with Gasteiger partial charge < -0.3 is 23.0 Å². The van der Waals surface area contributed by atoms with Crippen LogP contribution in [0.25, 0.3) is 57.2 Å². The van der Waals surface area contributed by atoms with Crippen molar-refractivity contribution in [2.24, 2.45) is 19.5 Å². The van der Waals surface area contributed by atoms with Gasteiger partial charge in [-0.15, -0.1) is 0 Å². The summed E-state index contributed by atoms with van der Waals surface area (Å²) in [5, 5.41) is 5.78. The molecule has 4 aliphatic heterocycles. The SMILES string of the molecule is CB1c2oc3nc(C)ccc3c2C=C(C)N1N1C(C)C(C)(C)CC1(C)C.CB1c2oc3nc(C)ccc3c2C=C(C)N1n1ccc[n+]1C.[2H]C([2H])([2H])c1n(-c2ccccc2)cc(N2B(C)c3oc4nc(C)ccc4c3C=C2C)[n+]1C. The van der Waals surface area contributed by atoms with E-state index in [9.17, 15) is 0 Å². The first-order valence-corrected chi connectivity index (χ1v) is 26.9. The lowest BCUT2D eigenvalue weighted by molar-refractivity contribution is -0.751. The number of nitrogens with zero attached hydrogens (tertiary/aromatic N) is 11. The van der Waals surface area contributed by atoms with E-state index in [0.29, 0.717) is 11.8 Å². The second kappa shape index (κ2) is 18.9. The highest BCUT2D eigenvalue weighted by molar-refractivity contribution is 6.77. The Balaban J connectivity index is 0.000000129. The molecule has 0 amide bonds. The summed E-state index contributed by atoms with van der Waals surface area (Å²) in [4.78, 5) is 22.5. The molecule has 0 bridgehead atoms. The number of aryl methyl sites for hydroxylation is 4. The molecular weight excluding hydrogens is 955 g/mol. The molecule has 0 spiro atoms. The summed E-state index contributed by atoms with van der Waals surface area (Å²) in [5.74, 6) is 1.02. The normalized spacial score (nSPS) is 18.5. The van der Waals surface area contributed by atoms with Gasteiger partial charge in [0.05, 0.1) is 18.9 Å². The molecule has 12 heterocycles. The molecular formula is C60H72B3N11O3+2. The lowest BCUT2D eigenvalue weighted by Crippen LogP contribution is -2.62. The number of hydrogen-bond donors (Lipinski definition) is 0. The first-order valence-electron chi connectivity index (χ1n) is 28.4. The van der Waals surface area contributed by atoms with E-state index < -0.39 is 6.85 Å². The summed E-state index contributed by atoms with van der Waals surface area (Å²) in [6.07, 6.45) is 13.7. The van der Waals surface area contributed by atoms with Crippen molar-refractivity contribution in [3.8, 4) is 5.69 Å². The highest BCUT2D eigenvalue weighted by Crippen LogP contribution is 2.48.